The smallest absolute Gasteiger partial charge is 0.123 e. The van der Waals surface area contributed by atoms with Crippen molar-refractivity contribution in [3.8, 4) is 0 Å². The summed E-state index contributed by atoms with van der Waals surface area (Å²) < 4.78 is 13.1. The third-order valence-corrected chi connectivity index (χ3v) is 4.82. The van der Waals surface area contributed by atoms with Crippen LogP contribution >= 0.6 is 11.3 Å². The molecule has 3 rings (SSSR count). The van der Waals surface area contributed by atoms with Gasteiger partial charge in [-0.2, -0.15) is 0 Å². The summed E-state index contributed by atoms with van der Waals surface area (Å²) in [7, 11) is 0. The molecule has 1 fully saturated rings. The molecular formula is C16H18FNS. The van der Waals surface area contributed by atoms with Crippen LogP contribution in [0.4, 0.5) is 4.39 Å². The Labute approximate surface area is 117 Å². The van der Waals surface area contributed by atoms with Crippen molar-refractivity contribution >= 4 is 11.3 Å². The van der Waals surface area contributed by atoms with Crippen LogP contribution in [-0.4, -0.2) is 6.04 Å². The van der Waals surface area contributed by atoms with Crippen molar-refractivity contribution in [2.45, 2.75) is 38.3 Å². The van der Waals surface area contributed by atoms with Crippen molar-refractivity contribution < 1.29 is 4.39 Å². The highest BCUT2D eigenvalue weighted by molar-refractivity contribution is 7.11. The van der Waals surface area contributed by atoms with Crippen LogP contribution in [0.25, 0.3) is 0 Å². The average molecular weight is 275 g/mol. The summed E-state index contributed by atoms with van der Waals surface area (Å²) in [6.45, 7) is 3.09. The molecule has 19 heavy (non-hydrogen) atoms. The van der Waals surface area contributed by atoms with Crippen LogP contribution in [-0.2, 0) is 6.54 Å². The lowest BCUT2D eigenvalue weighted by Gasteiger charge is -2.36. The molecule has 100 valence electrons. The van der Waals surface area contributed by atoms with E-state index >= 15 is 0 Å². The fourth-order valence-electron chi connectivity index (χ4n) is 2.64. The molecule has 0 unspecified atom stereocenters. The van der Waals surface area contributed by atoms with E-state index in [1.807, 2.05) is 17.4 Å². The molecule has 1 aromatic heterocycles. The van der Waals surface area contributed by atoms with Crippen LogP contribution in [0.15, 0.2) is 36.4 Å². The van der Waals surface area contributed by atoms with Gasteiger partial charge in [-0.1, -0.05) is 12.1 Å². The van der Waals surface area contributed by atoms with Gasteiger partial charge >= 0.3 is 0 Å². The Balaban J connectivity index is 1.48. The number of rotatable bonds is 4. The monoisotopic (exact) mass is 275 g/mol. The van der Waals surface area contributed by atoms with Crippen molar-refractivity contribution in [1.29, 1.82) is 0 Å². The predicted octanol–water partition coefficient (Wildman–Crippen LogP) is 4.23. The third kappa shape index (κ3) is 3.04. The van der Waals surface area contributed by atoms with Gasteiger partial charge < -0.3 is 5.32 Å². The molecule has 3 heteroatoms. The first-order chi connectivity index (χ1) is 9.20. The molecule has 0 spiro atoms. The van der Waals surface area contributed by atoms with E-state index in [-0.39, 0.29) is 5.82 Å². The second-order valence-electron chi connectivity index (χ2n) is 5.31. The first kappa shape index (κ1) is 12.8. The molecule has 1 N–H and O–H groups in total. The summed E-state index contributed by atoms with van der Waals surface area (Å²) in [5, 5.41) is 3.58. The number of hydrogen-bond acceptors (Lipinski definition) is 2. The maximum absolute atomic E-state index is 13.1. The molecule has 1 nitrogen and oxygen atoms in total. The van der Waals surface area contributed by atoms with E-state index in [1.54, 1.807) is 12.1 Å². The Morgan fingerprint density at radius 3 is 2.79 bits per heavy atom. The van der Waals surface area contributed by atoms with Crippen LogP contribution in [0.5, 0.6) is 0 Å². The Morgan fingerprint density at radius 2 is 2.11 bits per heavy atom. The largest absolute Gasteiger partial charge is 0.309 e. The van der Waals surface area contributed by atoms with Crippen molar-refractivity contribution in [3.05, 3.63) is 57.5 Å². The van der Waals surface area contributed by atoms with Crippen LogP contribution in [0.1, 0.15) is 34.1 Å². The van der Waals surface area contributed by atoms with Gasteiger partial charge in [-0.15, -0.1) is 11.3 Å². The average Bonchev–Trinajstić information content (AvgIpc) is 2.73. The van der Waals surface area contributed by atoms with E-state index in [2.05, 4.69) is 24.4 Å². The SMILES string of the molecule is Cc1ccc(CNC2CC(c3cccc(F)c3)C2)s1. The van der Waals surface area contributed by atoms with Crippen LogP contribution < -0.4 is 5.32 Å². The van der Waals surface area contributed by atoms with Gasteiger partial charge in [0.15, 0.2) is 0 Å². The zero-order valence-corrected chi connectivity index (χ0v) is 11.8. The van der Waals surface area contributed by atoms with Gasteiger partial charge in [0.1, 0.15) is 5.82 Å². The number of thiophene rings is 1. The lowest BCUT2D eigenvalue weighted by atomic mass is 9.76. The van der Waals surface area contributed by atoms with Crippen LogP contribution in [0.3, 0.4) is 0 Å². The van der Waals surface area contributed by atoms with Crippen LogP contribution in [0, 0.1) is 12.7 Å². The maximum atomic E-state index is 13.1. The molecule has 1 saturated carbocycles. The molecule has 0 bridgehead atoms. The van der Waals surface area contributed by atoms with E-state index in [0.717, 1.165) is 24.9 Å². The summed E-state index contributed by atoms with van der Waals surface area (Å²) >= 11 is 1.85. The minimum atomic E-state index is -0.122. The second kappa shape index (κ2) is 5.43. The minimum absolute atomic E-state index is 0.122. The van der Waals surface area contributed by atoms with E-state index < -0.39 is 0 Å². The molecule has 0 amide bonds. The number of benzene rings is 1. The molecule has 0 aliphatic heterocycles. The standard InChI is InChI=1S/C16H18FNS/c1-11-5-6-16(19-11)10-18-15-8-13(9-15)12-3-2-4-14(17)7-12/h2-7,13,15,18H,8-10H2,1H3. The first-order valence-corrected chi connectivity index (χ1v) is 7.56. The Hall–Kier alpha value is -1.19. The lowest BCUT2D eigenvalue weighted by Crippen LogP contribution is -2.39. The summed E-state index contributed by atoms with van der Waals surface area (Å²) in [6, 6.07) is 12.0. The molecule has 1 aliphatic rings. The maximum Gasteiger partial charge on any atom is 0.123 e. The third-order valence-electron chi connectivity index (χ3n) is 3.82. The van der Waals surface area contributed by atoms with Crippen molar-refractivity contribution in [2.24, 2.45) is 0 Å². The molecule has 0 radical (unpaired) electrons. The molecular weight excluding hydrogens is 257 g/mol. The van der Waals surface area contributed by atoms with E-state index in [9.17, 15) is 4.39 Å². The first-order valence-electron chi connectivity index (χ1n) is 6.75. The Bertz CT molecular complexity index is 557. The molecule has 1 aliphatic carbocycles. The summed E-state index contributed by atoms with van der Waals surface area (Å²) in [4.78, 5) is 2.76. The highest BCUT2D eigenvalue weighted by atomic mass is 32.1. The number of hydrogen-bond donors (Lipinski definition) is 1. The highest BCUT2D eigenvalue weighted by Crippen LogP contribution is 2.37. The van der Waals surface area contributed by atoms with Crippen molar-refractivity contribution in [1.82, 2.24) is 5.32 Å². The van der Waals surface area contributed by atoms with Gasteiger partial charge in [0.2, 0.25) is 0 Å². The minimum Gasteiger partial charge on any atom is -0.309 e. The number of aryl methyl sites for hydroxylation is 1. The molecule has 1 aromatic carbocycles. The fourth-order valence-corrected chi connectivity index (χ4v) is 3.48. The molecule has 0 atom stereocenters. The normalized spacial score (nSPS) is 22.2. The number of halogens is 1. The summed E-state index contributed by atoms with van der Waals surface area (Å²) in [6.07, 6.45) is 2.24. The predicted molar refractivity (Wildman–Crippen MR) is 78.1 cm³/mol. The van der Waals surface area contributed by atoms with E-state index in [0.29, 0.717) is 12.0 Å². The highest BCUT2D eigenvalue weighted by Gasteiger charge is 2.29. The van der Waals surface area contributed by atoms with E-state index in [1.165, 1.54) is 15.8 Å². The zero-order valence-electron chi connectivity index (χ0n) is 11.0. The number of nitrogens with one attached hydrogen (secondary N) is 1. The quantitative estimate of drug-likeness (QED) is 0.880. The van der Waals surface area contributed by atoms with Gasteiger partial charge in [-0.05, 0) is 55.5 Å². The van der Waals surface area contributed by atoms with Crippen molar-refractivity contribution in [2.75, 3.05) is 0 Å². The second-order valence-corrected chi connectivity index (χ2v) is 6.69. The topological polar surface area (TPSA) is 12.0 Å². The van der Waals surface area contributed by atoms with Crippen molar-refractivity contribution in [3.63, 3.8) is 0 Å². The van der Waals surface area contributed by atoms with E-state index in [4.69, 9.17) is 0 Å². The summed E-state index contributed by atoms with van der Waals surface area (Å²) in [5.74, 6) is 0.404. The Kier molecular flexibility index (Phi) is 3.67. The molecule has 1 heterocycles. The molecule has 2 aromatic rings. The van der Waals surface area contributed by atoms with Gasteiger partial charge in [-0.3, -0.25) is 0 Å². The van der Waals surface area contributed by atoms with Crippen LogP contribution in [0.2, 0.25) is 0 Å². The summed E-state index contributed by atoms with van der Waals surface area (Å²) in [5.41, 5.74) is 1.14. The Morgan fingerprint density at radius 1 is 1.26 bits per heavy atom. The fraction of sp³-hybridized carbons (Fsp3) is 0.375. The van der Waals surface area contributed by atoms with Gasteiger partial charge in [0.05, 0.1) is 0 Å². The lowest BCUT2D eigenvalue weighted by molar-refractivity contribution is 0.289. The van der Waals surface area contributed by atoms with Gasteiger partial charge in [0, 0.05) is 22.3 Å². The zero-order chi connectivity index (χ0) is 13.2. The molecule has 0 saturated heterocycles. The van der Waals surface area contributed by atoms with Gasteiger partial charge in [0.25, 0.3) is 0 Å². The van der Waals surface area contributed by atoms with Gasteiger partial charge in [-0.25, -0.2) is 4.39 Å².